The number of hydrogen-bond acceptors (Lipinski definition) is 1. The number of piperidine rings is 1. The van der Waals surface area contributed by atoms with E-state index in [4.69, 9.17) is 0 Å². The van der Waals surface area contributed by atoms with Crippen molar-refractivity contribution >= 4 is 66.1 Å². The van der Waals surface area contributed by atoms with Crippen molar-refractivity contribution in [2.75, 3.05) is 0 Å². The van der Waals surface area contributed by atoms with Gasteiger partial charge in [-0.15, -0.1) is 0 Å². The molecule has 1 aliphatic rings. The summed E-state index contributed by atoms with van der Waals surface area (Å²) in [6.45, 7) is 9.63. The minimum atomic E-state index is -1.28. The van der Waals surface area contributed by atoms with Crippen LogP contribution in [-0.2, 0) is 0 Å². The van der Waals surface area contributed by atoms with Gasteiger partial charge in [0.05, 0.1) is 0 Å². The standard InChI is InChI=1S/C9H18I3NSi/c1-8(2)6-5-7-9(3,4)13(8)14(10,11)12/h5-7H2,1-4H3. The first-order valence-electron chi connectivity index (χ1n) is 4.94. The largest absolute Gasteiger partial charge is 0.329 e. The predicted molar refractivity (Wildman–Crippen MR) is 91.7 cm³/mol. The van der Waals surface area contributed by atoms with E-state index in [0.717, 1.165) is 0 Å². The summed E-state index contributed by atoms with van der Waals surface area (Å²) in [4.78, 5) is 0. The molecule has 0 bridgehead atoms. The highest BCUT2D eigenvalue weighted by atomic mass is 127. The van der Waals surface area contributed by atoms with Crippen molar-refractivity contribution in [1.82, 2.24) is 4.57 Å². The second-order valence-corrected chi connectivity index (χ2v) is 39.3. The van der Waals surface area contributed by atoms with Crippen LogP contribution in [0.5, 0.6) is 0 Å². The molecule has 84 valence electrons. The lowest BCUT2D eigenvalue weighted by atomic mass is 9.83. The van der Waals surface area contributed by atoms with Gasteiger partial charge >= 0.3 is 0.725 Å². The lowest BCUT2D eigenvalue weighted by Crippen LogP contribution is -2.64. The van der Waals surface area contributed by atoms with Crippen LogP contribution in [0, 0.1) is 0 Å². The minimum absolute atomic E-state index is 0.386. The van der Waals surface area contributed by atoms with Gasteiger partial charge in [0.1, 0.15) is 0 Å². The first kappa shape index (κ1) is 14.4. The Morgan fingerprint density at radius 3 is 1.50 bits per heavy atom. The minimum Gasteiger partial charge on any atom is -0.290 e. The highest BCUT2D eigenvalue weighted by Gasteiger charge is 2.50. The zero-order valence-electron chi connectivity index (χ0n) is 9.20. The Balaban J connectivity index is 3.04. The molecule has 1 saturated heterocycles. The van der Waals surface area contributed by atoms with Crippen molar-refractivity contribution in [2.24, 2.45) is 0 Å². The SMILES string of the molecule is CC1(C)CCCC(C)(C)N1[Si](I)(I)I. The quantitative estimate of drug-likeness (QED) is 0.259. The van der Waals surface area contributed by atoms with Gasteiger partial charge in [-0.05, 0) is 47.0 Å². The smallest absolute Gasteiger partial charge is 0.290 e. The summed E-state index contributed by atoms with van der Waals surface area (Å²) in [5.74, 6) is 0. The van der Waals surface area contributed by atoms with Gasteiger partial charge in [-0.2, -0.15) is 0 Å². The third kappa shape index (κ3) is 3.19. The molecule has 0 unspecified atom stereocenters. The first-order valence-corrected chi connectivity index (χ1v) is 16.2. The summed E-state index contributed by atoms with van der Waals surface area (Å²) >= 11 is 8.05. The van der Waals surface area contributed by atoms with Crippen molar-refractivity contribution in [3.8, 4) is 0 Å². The number of halogens is 3. The summed E-state index contributed by atoms with van der Waals surface area (Å²) in [5, 5.41) is 0. The summed E-state index contributed by atoms with van der Waals surface area (Å²) in [5.41, 5.74) is 0.773. The van der Waals surface area contributed by atoms with Gasteiger partial charge in [0, 0.05) is 11.1 Å². The summed E-state index contributed by atoms with van der Waals surface area (Å²) in [7, 11) is 0. The molecule has 1 aliphatic heterocycles. The molecule has 5 heteroatoms. The van der Waals surface area contributed by atoms with Crippen LogP contribution in [0.15, 0.2) is 0 Å². The molecule has 1 fully saturated rings. The maximum absolute atomic E-state index is 2.80. The van der Waals surface area contributed by atoms with E-state index in [9.17, 15) is 0 Å². The highest BCUT2D eigenvalue weighted by molar-refractivity contribution is 14.4. The Morgan fingerprint density at radius 2 is 1.29 bits per heavy atom. The monoisotopic (exact) mass is 549 g/mol. The molecule has 0 aromatic carbocycles. The van der Waals surface area contributed by atoms with Gasteiger partial charge < -0.3 is 0 Å². The van der Waals surface area contributed by atoms with E-state index in [2.05, 4.69) is 97.7 Å². The average molecular weight is 549 g/mol. The molecule has 0 radical (unpaired) electrons. The van der Waals surface area contributed by atoms with Crippen molar-refractivity contribution in [3.05, 3.63) is 0 Å². The fourth-order valence-electron chi connectivity index (χ4n) is 2.68. The molecule has 1 heterocycles. The van der Waals surface area contributed by atoms with Gasteiger partial charge in [-0.3, -0.25) is 4.57 Å². The van der Waals surface area contributed by atoms with Crippen molar-refractivity contribution in [1.29, 1.82) is 0 Å². The molecule has 0 aliphatic carbocycles. The van der Waals surface area contributed by atoms with Crippen LogP contribution in [0.3, 0.4) is 0 Å². The van der Waals surface area contributed by atoms with Gasteiger partial charge in [-0.25, -0.2) is 0 Å². The predicted octanol–water partition coefficient (Wildman–Crippen LogP) is 4.77. The van der Waals surface area contributed by atoms with Crippen molar-refractivity contribution in [3.63, 3.8) is 0 Å². The highest BCUT2D eigenvalue weighted by Crippen LogP contribution is 2.48. The van der Waals surface area contributed by atoms with Gasteiger partial charge in [-0.1, -0.05) is 65.4 Å². The van der Waals surface area contributed by atoms with E-state index < -0.39 is 0.725 Å². The average Bonchev–Trinajstić information content (AvgIpc) is 1.76. The van der Waals surface area contributed by atoms with E-state index >= 15 is 0 Å². The van der Waals surface area contributed by atoms with Crippen LogP contribution in [0.1, 0.15) is 47.0 Å². The summed E-state index contributed by atoms with van der Waals surface area (Å²) in [6, 6.07) is 0. The van der Waals surface area contributed by atoms with Crippen molar-refractivity contribution in [2.45, 2.75) is 58.0 Å². The van der Waals surface area contributed by atoms with Crippen LogP contribution < -0.4 is 0 Å². The Morgan fingerprint density at radius 1 is 0.929 bits per heavy atom. The topological polar surface area (TPSA) is 3.24 Å². The summed E-state index contributed by atoms with van der Waals surface area (Å²) < 4.78 is 1.52. The molecule has 0 saturated carbocycles. The molecular formula is C9H18I3NSi. The number of hydrogen-bond donors (Lipinski definition) is 0. The summed E-state index contributed by atoms with van der Waals surface area (Å²) in [6.07, 6.45) is 4.07. The van der Waals surface area contributed by atoms with E-state index in [1.165, 1.54) is 19.3 Å². The molecule has 0 amide bonds. The molecule has 0 aromatic rings. The number of rotatable bonds is 1. The third-order valence-corrected chi connectivity index (χ3v) is 9.10. The Kier molecular flexibility index (Phi) is 4.70. The first-order chi connectivity index (χ1) is 6.07. The Hall–Kier alpha value is 2.37. The van der Waals surface area contributed by atoms with Gasteiger partial charge in [0.15, 0.2) is 0 Å². The van der Waals surface area contributed by atoms with E-state index in [1.807, 2.05) is 0 Å². The molecule has 0 atom stereocenters. The fourth-order valence-corrected chi connectivity index (χ4v) is 16.0. The van der Waals surface area contributed by atoms with Crippen LogP contribution >= 0.6 is 65.4 Å². The number of nitrogens with zero attached hydrogens (tertiary/aromatic N) is 1. The molecule has 14 heavy (non-hydrogen) atoms. The van der Waals surface area contributed by atoms with Crippen molar-refractivity contribution < 1.29 is 0 Å². The van der Waals surface area contributed by atoms with E-state index in [1.54, 1.807) is 0 Å². The maximum Gasteiger partial charge on any atom is 0.329 e. The van der Waals surface area contributed by atoms with E-state index in [0.29, 0.717) is 11.1 Å². The Labute approximate surface area is 127 Å². The van der Waals surface area contributed by atoms with Crippen LogP contribution in [-0.4, -0.2) is 16.4 Å². The molecule has 0 N–H and O–H groups in total. The molecule has 0 spiro atoms. The maximum atomic E-state index is 2.80. The van der Waals surface area contributed by atoms with Gasteiger partial charge in [0.25, 0.3) is 0 Å². The molecular weight excluding hydrogens is 531 g/mol. The second-order valence-electron chi connectivity index (χ2n) is 5.28. The zero-order chi connectivity index (χ0) is 11.2. The fraction of sp³-hybridized carbons (Fsp3) is 1.00. The lowest BCUT2D eigenvalue weighted by molar-refractivity contribution is 0.0557. The molecule has 0 aromatic heterocycles. The van der Waals surface area contributed by atoms with Crippen LogP contribution in [0.25, 0.3) is 0 Å². The zero-order valence-corrected chi connectivity index (χ0v) is 16.7. The second kappa shape index (κ2) is 4.56. The van der Waals surface area contributed by atoms with E-state index in [-0.39, 0.29) is 0 Å². The Bertz CT molecular complexity index is 207. The molecule has 1 rings (SSSR count). The lowest BCUT2D eigenvalue weighted by Gasteiger charge is -2.56. The van der Waals surface area contributed by atoms with Crippen LogP contribution in [0.4, 0.5) is 0 Å². The molecule has 1 nitrogen and oxygen atoms in total. The normalized spacial score (nSPS) is 27.6. The van der Waals surface area contributed by atoms with Gasteiger partial charge in [0.2, 0.25) is 0 Å². The van der Waals surface area contributed by atoms with Crippen LogP contribution in [0.2, 0.25) is 0 Å². The third-order valence-electron chi connectivity index (χ3n) is 3.04.